The van der Waals surface area contributed by atoms with Crippen LogP contribution in [-0.4, -0.2) is 118 Å². The van der Waals surface area contributed by atoms with Gasteiger partial charge in [-0.25, -0.2) is 0 Å². The number of carbonyl (C=O) groups excluding carboxylic acids is 2. The van der Waals surface area contributed by atoms with Crippen molar-refractivity contribution >= 4 is 11.8 Å². The van der Waals surface area contributed by atoms with Gasteiger partial charge in [0.15, 0.2) is 12.1 Å². The Morgan fingerprint density at radius 1 is 1.05 bits per heavy atom. The Balaban J connectivity index is 2.51. The van der Waals surface area contributed by atoms with Crippen LogP contribution in [0.4, 0.5) is 0 Å². The fourth-order valence-corrected chi connectivity index (χ4v) is 6.02. The number of ether oxygens (including phenoxy) is 3. The highest BCUT2D eigenvalue weighted by atomic mass is 16.7. The Morgan fingerprint density at radius 2 is 1.71 bits per heavy atom. The first kappa shape index (κ1) is 36.5. The SMILES string of the molecule is CC[C@H]1OC(=O)C[C@@H](O)[C@H](C)[C@@H](O[C@@H]2O[C@H](C)[C@@H](O)[C@@H](N(C)C)[C@H]2O)[C@H](CCO)C[C@@H](C)C(=O)/C=C/C(C)=C/[C@@H]1CO. The third-order valence-electron chi connectivity index (χ3n) is 8.66. The lowest BCUT2D eigenvalue weighted by Gasteiger charge is -2.46. The highest BCUT2D eigenvalue weighted by Crippen LogP contribution is 2.34. The van der Waals surface area contributed by atoms with E-state index in [0.29, 0.717) is 12.8 Å². The van der Waals surface area contributed by atoms with Crippen molar-refractivity contribution < 1.29 is 49.3 Å². The number of likely N-dealkylation sites (N-methyl/N-ethyl adjacent to an activating group) is 1. The van der Waals surface area contributed by atoms with Crippen LogP contribution in [0.2, 0.25) is 0 Å². The molecule has 0 unspecified atom stereocenters. The van der Waals surface area contributed by atoms with Gasteiger partial charge in [-0.1, -0.05) is 38.5 Å². The fraction of sp³-hybridized carbons (Fsp3) is 0.806. The second-order valence-corrected chi connectivity index (χ2v) is 12.2. The molecule has 242 valence electrons. The summed E-state index contributed by atoms with van der Waals surface area (Å²) in [7, 11) is 3.46. The Bertz CT molecular complexity index is 923. The zero-order valence-electron chi connectivity index (χ0n) is 26.1. The molecule has 0 spiro atoms. The molecule has 2 aliphatic heterocycles. The molecule has 0 amide bonds. The van der Waals surface area contributed by atoms with Crippen LogP contribution >= 0.6 is 0 Å². The standard InChI is InChI=1S/C31H53NO10/c1-8-25-22(16-34)13-17(2)9-10-23(35)18(3)14-21(11-12-33)30(19(4)24(36)15-26(37)41-25)42-31-29(39)27(32(6)7)28(38)20(5)40-31/h9-10,13,18-22,24-25,27-31,33-34,36,38-39H,8,11-12,14-16H2,1-7H3/b10-9+,17-13+/t18-,19+,20-,21-,22-,24-,25-,27-,28-,29-,30-,31+/m1/s1. The van der Waals surface area contributed by atoms with Gasteiger partial charge >= 0.3 is 5.97 Å². The highest BCUT2D eigenvalue weighted by molar-refractivity contribution is 5.91. The second kappa shape index (κ2) is 17.0. The molecule has 0 aromatic heterocycles. The van der Waals surface area contributed by atoms with E-state index in [1.807, 2.05) is 6.92 Å². The number of carbonyl (C=O) groups is 2. The summed E-state index contributed by atoms with van der Waals surface area (Å²) in [6.45, 7) is 8.33. The van der Waals surface area contributed by atoms with Gasteiger partial charge < -0.3 is 44.6 Å². The van der Waals surface area contributed by atoms with Gasteiger partial charge in [0, 0.05) is 24.4 Å². The van der Waals surface area contributed by atoms with Gasteiger partial charge in [-0.3, -0.25) is 9.59 Å². The molecule has 0 aromatic rings. The molecule has 2 heterocycles. The number of ketones is 1. The zero-order chi connectivity index (χ0) is 31.7. The summed E-state index contributed by atoms with van der Waals surface area (Å²) in [5, 5.41) is 53.0. The number of aliphatic hydroxyl groups is 5. The van der Waals surface area contributed by atoms with Gasteiger partial charge in [-0.2, -0.15) is 0 Å². The molecule has 0 saturated carbocycles. The largest absolute Gasteiger partial charge is 0.462 e. The van der Waals surface area contributed by atoms with Crippen LogP contribution < -0.4 is 0 Å². The lowest BCUT2D eigenvalue weighted by Crippen LogP contribution is -2.63. The Morgan fingerprint density at radius 3 is 2.29 bits per heavy atom. The molecular formula is C31H53NO10. The number of cyclic esters (lactones) is 1. The molecule has 12 atom stereocenters. The fourth-order valence-electron chi connectivity index (χ4n) is 6.02. The van der Waals surface area contributed by atoms with Crippen molar-refractivity contribution in [3.05, 3.63) is 23.8 Å². The first-order valence-electron chi connectivity index (χ1n) is 15.1. The van der Waals surface area contributed by atoms with E-state index in [1.54, 1.807) is 58.8 Å². The van der Waals surface area contributed by atoms with Gasteiger partial charge in [-0.15, -0.1) is 0 Å². The number of hydrogen-bond acceptors (Lipinski definition) is 11. The van der Waals surface area contributed by atoms with Crippen molar-refractivity contribution in [2.45, 2.75) is 109 Å². The van der Waals surface area contributed by atoms with Crippen LogP contribution in [0, 0.1) is 23.7 Å². The predicted octanol–water partition coefficient (Wildman–Crippen LogP) is 1.20. The molecule has 0 bridgehead atoms. The van der Waals surface area contributed by atoms with Crippen molar-refractivity contribution in [1.29, 1.82) is 0 Å². The number of nitrogens with zero attached hydrogens (tertiary/aromatic N) is 1. The molecule has 1 fully saturated rings. The van der Waals surface area contributed by atoms with E-state index >= 15 is 0 Å². The number of rotatable bonds is 7. The highest BCUT2D eigenvalue weighted by Gasteiger charge is 2.47. The first-order valence-corrected chi connectivity index (χ1v) is 15.1. The molecule has 0 radical (unpaired) electrons. The van der Waals surface area contributed by atoms with Crippen LogP contribution in [0.3, 0.4) is 0 Å². The topological polar surface area (TPSA) is 166 Å². The van der Waals surface area contributed by atoms with Gasteiger partial charge in [0.1, 0.15) is 12.2 Å². The quantitative estimate of drug-likeness (QED) is 0.267. The molecule has 0 aliphatic carbocycles. The lowest BCUT2D eigenvalue weighted by molar-refractivity contribution is -0.304. The van der Waals surface area contributed by atoms with Gasteiger partial charge in [0.05, 0.1) is 43.5 Å². The third kappa shape index (κ3) is 9.65. The minimum atomic E-state index is -1.24. The van der Waals surface area contributed by atoms with Crippen LogP contribution in [0.25, 0.3) is 0 Å². The molecule has 1 saturated heterocycles. The summed E-state index contributed by atoms with van der Waals surface area (Å²) in [6, 6.07) is -0.691. The average molecular weight is 600 g/mol. The van der Waals surface area contributed by atoms with E-state index in [4.69, 9.17) is 14.2 Å². The molecule has 0 aromatic carbocycles. The Labute approximate surface area is 250 Å². The molecule has 2 aliphatic rings. The predicted molar refractivity (Wildman–Crippen MR) is 156 cm³/mol. The van der Waals surface area contributed by atoms with E-state index in [0.717, 1.165) is 5.57 Å². The minimum Gasteiger partial charge on any atom is -0.462 e. The van der Waals surface area contributed by atoms with E-state index in [9.17, 15) is 35.1 Å². The molecule has 11 heteroatoms. The minimum absolute atomic E-state index is 0.137. The normalized spacial score (nSPS) is 41.7. The van der Waals surface area contributed by atoms with E-state index < -0.39 is 78.6 Å². The number of hydrogen-bond donors (Lipinski definition) is 5. The average Bonchev–Trinajstić information content (AvgIpc) is 2.93. The summed E-state index contributed by atoms with van der Waals surface area (Å²) in [5.41, 5.74) is 0.730. The van der Waals surface area contributed by atoms with Crippen molar-refractivity contribution in [3.63, 3.8) is 0 Å². The second-order valence-electron chi connectivity index (χ2n) is 12.2. The molecule has 2 rings (SSSR count). The summed E-state index contributed by atoms with van der Waals surface area (Å²) < 4.78 is 18.0. The van der Waals surface area contributed by atoms with Gasteiger partial charge in [0.25, 0.3) is 0 Å². The van der Waals surface area contributed by atoms with Crippen molar-refractivity contribution in [2.75, 3.05) is 27.3 Å². The van der Waals surface area contributed by atoms with E-state index in [1.165, 1.54) is 6.08 Å². The number of allylic oxidation sites excluding steroid dienone is 3. The maximum Gasteiger partial charge on any atom is 0.308 e. The summed E-state index contributed by atoms with van der Waals surface area (Å²) in [4.78, 5) is 27.8. The van der Waals surface area contributed by atoms with E-state index in [2.05, 4.69) is 0 Å². The third-order valence-corrected chi connectivity index (χ3v) is 8.66. The number of esters is 1. The monoisotopic (exact) mass is 599 g/mol. The van der Waals surface area contributed by atoms with Crippen LogP contribution in [0.5, 0.6) is 0 Å². The summed E-state index contributed by atoms with van der Waals surface area (Å²) in [6.07, 6.45) is -1.22. The van der Waals surface area contributed by atoms with Crippen molar-refractivity contribution in [2.24, 2.45) is 23.7 Å². The maximum absolute atomic E-state index is 13.1. The van der Waals surface area contributed by atoms with E-state index in [-0.39, 0.29) is 31.8 Å². The van der Waals surface area contributed by atoms with Crippen LogP contribution in [0.1, 0.15) is 60.3 Å². The summed E-state index contributed by atoms with van der Waals surface area (Å²) in [5.74, 6) is -2.88. The smallest absolute Gasteiger partial charge is 0.308 e. The number of aliphatic hydroxyl groups excluding tert-OH is 5. The molecule has 11 nitrogen and oxygen atoms in total. The van der Waals surface area contributed by atoms with Crippen LogP contribution in [0.15, 0.2) is 23.8 Å². The van der Waals surface area contributed by atoms with Crippen molar-refractivity contribution in [3.8, 4) is 0 Å². The Kier molecular flexibility index (Phi) is 14.7. The first-order chi connectivity index (χ1) is 19.7. The zero-order valence-corrected chi connectivity index (χ0v) is 26.1. The summed E-state index contributed by atoms with van der Waals surface area (Å²) >= 11 is 0. The lowest BCUT2D eigenvalue weighted by atomic mass is 9.79. The molecule has 5 N–H and O–H groups in total. The maximum atomic E-state index is 13.1. The molecular weight excluding hydrogens is 546 g/mol. The van der Waals surface area contributed by atoms with Gasteiger partial charge in [0.2, 0.25) is 0 Å². The van der Waals surface area contributed by atoms with Crippen molar-refractivity contribution in [1.82, 2.24) is 4.90 Å². The van der Waals surface area contributed by atoms with Crippen LogP contribution in [-0.2, 0) is 23.8 Å². The van der Waals surface area contributed by atoms with Gasteiger partial charge in [-0.05, 0) is 59.2 Å². The molecule has 42 heavy (non-hydrogen) atoms. The Hall–Kier alpha value is -1.70.